The Kier molecular flexibility index (Phi) is 3.23. The quantitative estimate of drug-likeness (QED) is 0.678. The number of rotatable bonds is 2. The van der Waals surface area contributed by atoms with Gasteiger partial charge in [-0.05, 0) is 24.3 Å². The van der Waals surface area contributed by atoms with E-state index in [0.717, 1.165) is 24.9 Å². The molecule has 1 saturated heterocycles. The van der Waals surface area contributed by atoms with Crippen molar-refractivity contribution in [1.82, 2.24) is 5.32 Å². The van der Waals surface area contributed by atoms with Crippen LogP contribution in [0, 0.1) is 17.8 Å². The second-order valence-corrected chi connectivity index (χ2v) is 4.66. The third-order valence-corrected chi connectivity index (χ3v) is 3.88. The summed E-state index contributed by atoms with van der Waals surface area (Å²) in [5.41, 5.74) is 0. The fourth-order valence-corrected chi connectivity index (χ4v) is 3.07. The van der Waals surface area contributed by atoms with Crippen LogP contribution in [0.15, 0.2) is 0 Å². The van der Waals surface area contributed by atoms with Crippen LogP contribution in [0.4, 0.5) is 0 Å². The zero-order valence-corrected chi connectivity index (χ0v) is 8.34. The van der Waals surface area contributed by atoms with E-state index in [1.807, 2.05) is 0 Å². The Hall–Kier alpha value is -0.0800. The SMILES string of the molecule is OC[C@H]1CNC[C@@H]1C1CCCCC1. The molecule has 2 atom stereocenters. The molecular weight excluding hydrogens is 162 g/mol. The van der Waals surface area contributed by atoms with E-state index in [1.165, 1.54) is 32.1 Å². The lowest BCUT2D eigenvalue weighted by molar-refractivity contribution is 0.150. The molecule has 0 bridgehead atoms. The van der Waals surface area contributed by atoms with Crippen LogP contribution >= 0.6 is 0 Å². The summed E-state index contributed by atoms with van der Waals surface area (Å²) in [6.07, 6.45) is 7.07. The molecule has 76 valence electrons. The molecule has 2 rings (SSSR count). The van der Waals surface area contributed by atoms with Gasteiger partial charge in [-0.1, -0.05) is 32.1 Å². The van der Waals surface area contributed by atoms with Gasteiger partial charge in [0.05, 0.1) is 0 Å². The molecule has 0 spiro atoms. The van der Waals surface area contributed by atoms with Gasteiger partial charge in [-0.25, -0.2) is 0 Å². The Balaban J connectivity index is 1.90. The Bertz CT molecular complexity index is 154. The average molecular weight is 183 g/mol. The minimum atomic E-state index is 0.383. The lowest BCUT2D eigenvalue weighted by atomic mass is 9.76. The van der Waals surface area contributed by atoms with Crippen LogP contribution in [0.1, 0.15) is 32.1 Å². The van der Waals surface area contributed by atoms with Gasteiger partial charge in [0.15, 0.2) is 0 Å². The molecule has 0 aromatic heterocycles. The minimum absolute atomic E-state index is 0.383. The molecule has 2 aliphatic rings. The van der Waals surface area contributed by atoms with Gasteiger partial charge in [0.2, 0.25) is 0 Å². The third-order valence-electron chi connectivity index (χ3n) is 3.88. The molecule has 0 amide bonds. The topological polar surface area (TPSA) is 32.3 Å². The molecule has 0 unspecified atom stereocenters. The van der Waals surface area contributed by atoms with Crippen molar-refractivity contribution in [3.05, 3.63) is 0 Å². The van der Waals surface area contributed by atoms with Gasteiger partial charge in [0, 0.05) is 13.2 Å². The molecular formula is C11H21NO. The molecule has 1 aliphatic carbocycles. The van der Waals surface area contributed by atoms with E-state index < -0.39 is 0 Å². The average Bonchev–Trinajstić information content (AvgIpc) is 2.67. The first kappa shape index (κ1) is 9.47. The molecule has 0 radical (unpaired) electrons. The van der Waals surface area contributed by atoms with Crippen molar-refractivity contribution < 1.29 is 5.11 Å². The van der Waals surface area contributed by atoms with Gasteiger partial charge in [-0.3, -0.25) is 0 Å². The van der Waals surface area contributed by atoms with Gasteiger partial charge >= 0.3 is 0 Å². The molecule has 0 aromatic rings. The van der Waals surface area contributed by atoms with E-state index in [0.29, 0.717) is 12.5 Å². The van der Waals surface area contributed by atoms with Gasteiger partial charge in [0.25, 0.3) is 0 Å². The zero-order valence-electron chi connectivity index (χ0n) is 8.34. The van der Waals surface area contributed by atoms with Crippen molar-refractivity contribution in [2.24, 2.45) is 17.8 Å². The molecule has 2 N–H and O–H groups in total. The lowest BCUT2D eigenvalue weighted by Crippen LogP contribution is -2.26. The second-order valence-electron chi connectivity index (χ2n) is 4.66. The number of aliphatic hydroxyl groups excluding tert-OH is 1. The highest BCUT2D eigenvalue weighted by Gasteiger charge is 2.33. The predicted octanol–water partition coefficient (Wildman–Crippen LogP) is 1.39. The maximum absolute atomic E-state index is 9.23. The standard InChI is InChI=1S/C11H21NO/c13-8-10-6-12-7-11(10)9-4-2-1-3-5-9/h9-13H,1-8H2/t10-,11-/m1/s1. The van der Waals surface area contributed by atoms with E-state index >= 15 is 0 Å². The largest absolute Gasteiger partial charge is 0.396 e. The van der Waals surface area contributed by atoms with Crippen LogP contribution in [0.25, 0.3) is 0 Å². The predicted molar refractivity (Wildman–Crippen MR) is 53.5 cm³/mol. The number of aliphatic hydroxyl groups is 1. The highest BCUT2D eigenvalue weighted by Crippen LogP contribution is 2.35. The van der Waals surface area contributed by atoms with E-state index in [9.17, 15) is 5.11 Å². The van der Waals surface area contributed by atoms with Crippen molar-refractivity contribution in [3.63, 3.8) is 0 Å². The molecule has 1 saturated carbocycles. The van der Waals surface area contributed by atoms with Gasteiger partial charge in [-0.15, -0.1) is 0 Å². The summed E-state index contributed by atoms with van der Waals surface area (Å²) in [5, 5.41) is 12.6. The summed E-state index contributed by atoms with van der Waals surface area (Å²) >= 11 is 0. The molecule has 1 heterocycles. The summed E-state index contributed by atoms with van der Waals surface area (Å²) in [7, 11) is 0. The van der Waals surface area contributed by atoms with Crippen LogP contribution in [0.2, 0.25) is 0 Å². The number of hydrogen-bond donors (Lipinski definition) is 2. The minimum Gasteiger partial charge on any atom is -0.396 e. The van der Waals surface area contributed by atoms with Crippen molar-refractivity contribution in [2.75, 3.05) is 19.7 Å². The summed E-state index contributed by atoms with van der Waals surface area (Å²) in [6, 6.07) is 0. The van der Waals surface area contributed by atoms with Gasteiger partial charge < -0.3 is 10.4 Å². The van der Waals surface area contributed by atoms with Gasteiger partial charge in [0.1, 0.15) is 0 Å². The zero-order chi connectivity index (χ0) is 9.10. The molecule has 0 aromatic carbocycles. The van der Waals surface area contributed by atoms with Gasteiger partial charge in [-0.2, -0.15) is 0 Å². The maximum atomic E-state index is 9.23. The normalized spacial score (nSPS) is 36.7. The van der Waals surface area contributed by atoms with Crippen molar-refractivity contribution in [2.45, 2.75) is 32.1 Å². The fraction of sp³-hybridized carbons (Fsp3) is 1.00. The molecule has 2 heteroatoms. The second kappa shape index (κ2) is 4.43. The summed E-state index contributed by atoms with van der Waals surface area (Å²) in [6.45, 7) is 2.57. The Morgan fingerprint density at radius 1 is 1.08 bits per heavy atom. The first-order valence-corrected chi connectivity index (χ1v) is 5.73. The first-order valence-electron chi connectivity index (χ1n) is 5.73. The highest BCUT2D eigenvalue weighted by molar-refractivity contribution is 4.86. The van der Waals surface area contributed by atoms with Crippen LogP contribution in [-0.4, -0.2) is 24.8 Å². The molecule has 1 aliphatic heterocycles. The van der Waals surface area contributed by atoms with E-state index in [4.69, 9.17) is 0 Å². The number of nitrogens with one attached hydrogen (secondary N) is 1. The van der Waals surface area contributed by atoms with Crippen LogP contribution in [0.3, 0.4) is 0 Å². The first-order chi connectivity index (χ1) is 6.42. The van der Waals surface area contributed by atoms with Crippen molar-refractivity contribution in [1.29, 1.82) is 0 Å². The van der Waals surface area contributed by atoms with E-state index in [1.54, 1.807) is 0 Å². The van der Waals surface area contributed by atoms with E-state index in [-0.39, 0.29) is 0 Å². The monoisotopic (exact) mass is 183 g/mol. The highest BCUT2D eigenvalue weighted by atomic mass is 16.3. The summed E-state index contributed by atoms with van der Waals surface area (Å²) < 4.78 is 0. The molecule has 2 fully saturated rings. The molecule has 2 nitrogen and oxygen atoms in total. The summed E-state index contributed by atoms with van der Waals surface area (Å²) in [5.74, 6) is 2.22. The van der Waals surface area contributed by atoms with Crippen LogP contribution in [0.5, 0.6) is 0 Å². The molecule has 13 heavy (non-hydrogen) atoms. The van der Waals surface area contributed by atoms with E-state index in [2.05, 4.69) is 5.32 Å². The Morgan fingerprint density at radius 3 is 2.54 bits per heavy atom. The Labute approximate surface area is 80.7 Å². The Morgan fingerprint density at radius 2 is 1.85 bits per heavy atom. The maximum Gasteiger partial charge on any atom is 0.0474 e. The van der Waals surface area contributed by atoms with Crippen LogP contribution < -0.4 is 5.32 Å². The fourth-order valence-electron chi connectivity index (χ4n) is 3.07. The van der Waals surface area contributed by atoms with Crippen molar-refractivity contribution >= 4 is 0 Å². The lowest BCUT2D eigenvalue weighted by Gasteiger charge is -2.30. The van der Waals surface area contributed by atoms with Crippen LogP contribution in [-0.2, 0) is 0 Å². The summed E-state index contributed by atoms with van der Waals surface area (Å²) in [4.78, 5) is 0. The smallest absolute Gasteiger partial charge is 0.0474 e. The third kappa shape index (κ3) is 2.05. The van der Waals surface area contributed by atoms with Crippen molar-refractivity contribution in [3.8, 4) is 0 Å². The number of hydrogen-bond acceptors (Lipinski definition) is 2.